The zero-order valence-corrected chi connectivity index (χ0v) is 12.6. The summed E-state index contributed by atoms with van der Waals surface area (Å²) in [6.07, 6.45) is 0. The van der Waals surface area contributed by atoms with Gasteiger partial charge in [-0.1, -0.05) is 13.0 Å². The van der Waals surface area contributed by atoms with Crippen molar-refractivity contribution in [2.24, 2.45) is 0 Å². The second-order valence-corrected chi connectivity index (χ2v) is 6.63. The van der Waals surface area contributed by atoms with Gasteiger partial charge in [0.15, 0.2) is 0 Å². The molecule has 0 spiro atoms. The van der Waals surface area contributed by atoms with Gasteiger partial charge in [-0.3, -0.25) is 0 Å². The molecule has 108 valence electrons. The highest BCUT2D eigenvalue weighted by Crippen LogP contribution is 2.21. The molecule has 1 N–H and O–H groups in total. The molecule has 0 atom stereocenters. The van der Waals surface area contributed by atoms with E-state index in [-0.39, 0.29) is 10.9 Å². The minimum Gasteiger partial charge on any atom is -0.313 e. The van der Waals surface area contributed by atoms with Crippen LogP contribution >= 0.6 is 0 Å². The average molecular weight is 288 g/mol. The maximum absolute atomic E-state index is 14.0. The van der Waals surface area contributed by atoms with Crippen LogP contribution in [0, 0.1) is 5.82 Å². The molecule has 0 saturated carbocycles. The van der Waals surface area contributed by atoms with E-state index in [1.807, 2.05) is 6.92 Å². The summed E-state index contributed by atoms with van der Waals surface area (Å²) in [5.74, 6) is -0.706. The third-order valence-electron chi connectivity index (χ3n) is 2.96. The van der Waals surface area contributed by atoms with Crippen LogP contribution in [0.1, 0.15) is 26.3 Å². The second kappa shape index (κ2) is 6.45. The molecule has 0 saturated heterocycles. The first-order chi connectivity index (χ1) is 8.80. The predicted octanol–water partition coefficient (Wildman–Crippen LogP) is 1.96. The normalized spacial score (nSPS) is 12.4. The van der Waals surface area contributed by atoms with Gasteiger partial charge >= 0.3 is 0 Å². The van der Waals surface area contributed by atoms with Gasteiger partial charge in [0.2, 0.25) is 10.0 Å². The van der Waals surface area contributed by atoms with Crippen molar-refractivity contribution in [3.8, 4) is 0 Å². The number of rotatable bonds is 6. The molecule has 0 unspecified atom stereocenters. The van der Waals surface area contributed by atoms with Crippen LogP contribution in [0.3, 0.4) is 0 Å². The van der Waals surface area contributed by atoms with Crippen molar-refractivity contribution in [1.82, 2.24) is 9.62 Å². The smallest absolute Gasteiger partial charge is 0.245 e. The van der Waals surface area contributed by atoms with Crippen LogP contribution in [0.15, 0.2) is 23.1 Å². The molecule has 1 aromatic rings. The summed E-state index contributed by atoms with van der Waals surface area (Å²) < 4.78 is 39.5. The lowest BCUT2D eigenvalue weighted by Gasteiger charge is -2.21. The number of nitrogens with one attached hydrogen (secondary N) is 1. The fourth-order valence-corrected chi connectivity index (χ4v) is 2.98. The topological polar surface area (TPSA) is 49.4 Å². The summed E-state index contributed by atoms with van der Waals surface area (Å²) in [7, 11) is -2.32. The standard InChI is InChI=1S/C13H21FN2O2S/c1-5-15-9-11-6-7-13(12(14)8-11)19(17,18)16(4)10(2)3/h6-8,10,15H,5,9H2,1-4H3. The maximum Gasteiger partial charge on any atom is 0.245 e. The molecule has 1 rings (SSSR count). The summed E-state index contributed by atoms with van der Waals surface area (Å²) in [4.78, 5) is -0.274. The first-order valence-electron chi connectivity index (χ1n) is 6.27. The Bertz CT molecular complexity index is 529. The monoisotopic (exact) mass is 288 g/mol. The summed E-state index contributed by atoms with van der Waals surface area (Å²) in [5.41, 5.74) is 0.727. The minimum atomic E-state index is -3.77. The van der Waals surface area contributed by atoms with Gasteiger partial charge in [-0.2, -0.15) is 4.31 Å². The number of halogens is 1. The number of sulfonamides is 1. The van der Waals surface area contributed by atoms with Crippen LogP contribution in [0.25, 0.3) is 0 Å². The zero-order valence-electron chi connectivity index (χ0n) is 11.8. The fourth-order valence-electron chi connectivity index (χ4n) is 1.57. The molecule has 1 aromatic carbocycles. The van der Waals surface area contributed by atoms with Gasteiger partial charge in [0.05, 0.1) is 0 Å². The van der Waals surface area contributed by atoms with Gasteiger partial charge in [0.25, 0.3) is 0 Å². The van der Waals surface area contributed by atoms with Crippen LogP contribution in [0.5, 0.6) is 0 Å². The highest BCUT2D eigenvalue weighted by Gasteiger charge is 2.26. The zero-order chi connectivity index (χ0) is 14.6. The molecule has 4 nitrogen and oxygen atoms in total. The summed E-state index contributed by atoms with van der Waals surface area (Å²) in [6.45, 7) is 6.74. The van der Waals surface area contributed by atoms with Crippen molar-refractivity contribution in [3.63, 3.8) is 0 Å². The number of hydrogen-bond acceptors (Lipinski definition) is 3. The molecular weight excluding hydrogens is 267 g/mol. The van der Waals surface area contributed by atoms with Crippen molar-refractivity contribution in [3.05, 3.63) is 29.6 Å². The molecule has 0 amide bonds. The Morgan fingerprint density at radius 3 is 2.47 bits per heavy atom. The molecular formula is C13H21FN2O2S. The Morgan fingerprint density at radius 2 is 2.00 bits per heavy atom. The average Bonchev–Trinajstić information content (AvgIpc) is 2.34. The number of benzene rings is 1. The summed E-state index contributed by atoms with van der Waals surface area (Å²) in [6, 6.07) is 4.01. The van der Waals surface area contributed by atoms with E-state index in [2.05, 4.69) is 5.32 Å². The largest absolute Gasteiger partial charge is 0.313 e. The van der Waals surface area contributed by atoms with E-state index < -0.39 is 15.8 Å². The van der Waals surface area contributed by atoms with E-state index in [0.29, 0.717) is 6.54 Å². The van der Waals surface area contributed by atoms with Gasteiger partial charge in [-0.05, 0) is 38.1 Å². The van der Waals surface area contributed by atoms with Crippen molar-refractivity contribution >= 4 is 10.0 Å². The van der Waals surface area contributed by atoms with Crippen molar-refractivity contribution in [2.45, 2.75) is 38.3 Å². The molecule has 0 fully saturated rings. The molecule has 6 heteroatoms. The van der Waals surface area contributed by atoms with Crippen LogP contribution in [-0.2, 0) is 16.6 Å². The molecule has 19 heavy (non-hydrogen) atoms. The van der Waals surface area contributed by atoms with E-state index in [4.69, 9.17) is 0 Å². The third kappa shape index (κ3) is 3.75. The quantitative estimate of drug-likeness (QED) is 0.870. The third-order valence-corrected chi connectivity index (χ3v) is 5.03. The van der Waals surface area contributed by atoms with Crippen molar-refractivity contribution in [1.29, 1.82) is 0 Å². The highest BCUT2D eigenvalue weighted by atomic mass is 32.2. The van der Waals surface area contributed by atoms with E-state index in [0.717, 1.165) is 16.4 Å². The lowest BCUT2D eigenvalue weighted by molar-refractivity contribution is 0.407. The second-order valence-electron chi connectivity index (χ2n) is 4.66. The Kier molecular flexibility index (Phi) is 5.46. The summed E-state index contributed by atoms with van der Waals surface area (Å²) >= 11 is 0. The van der Waals surface area contributed by atoms with E-state index in [1.54, 1.807) is 19.9 Å². The van der Waals surface area contributed by atoms with E-state index in [1.165, 1.54) is 19.2 Å². The van der Waals surface area contributed by atoms with Gasteiger partial charge in [0, 0.05) is 19.6 Å². The van der Waals surface area contributed by atoms with Gasteiger partial charge in [0.1, 0.15) is 10.7 Å². The van der Waals surface area contributed by atoms with Crippen molar-refractivity contribution < 1.29 is 12.8 Å². The first-order valence-corrected chi connectivity index (χ1v) is 7.71. The number of nitrogens with zero attached hydrogens (tertiary/aromatic N) is 1. The lowest BCUT2D eigenvalue weighted by Crippen LogP contribution is -2.33. The van der Waals surface area contributed by atoms with Crippen LogP contribution in [-0.4, -0.2) is 32.4 Å². The molecule has 0 aliphatic heterocycles. The summed E-state index contributed by atoms with van der Waals surface area (Å²) in [5, 5.41) is 3.06. The highest BCUT2D eigenvalue weighted by molar-refractivity contribution is 7.89. The first kappa shape index (κ1) is 16.1. The van der Waals surface area contributed by atoms with Crippen molar-refractivity contribution in [2.75, 3.05) is 13.6 Å². The SMILES string of the molecule is CCNCc1ccc(S(=O)(=O)N(C)C(C)C)c(F)c1. The van der Waals surface area contributed by atoms with E-state index >= 15 is 0 Å². The molecule has 0 heterocycles. The minimum absolute atomic E-state index is 0.217. The molecule has 0 bridgehead atoms. The van der Waals surface area contributed by atoms with Crippen LogP contribution in [0.4, 0.5) is 4.39 Å². The molecule has 0 aromatic heterocycles. The van der Waals surface area contributed by atoms with Crippen LogP contribution < -0.4 is 5.32 Å². The maximum atomic E-state index is 14.0. The predicted molar refractivity (Wildman–Crippen MR) is 73.9 cm³/mol. The van der Waals surface area contributed by atoms with E-state index in [9.17, 15) is 12.8 Å². The van der Waals surface area contributed by atoms with Gasteiger partial charge in [-0.25, -0.2) is 12.8 Å². The Hall–Kier alpha value is -0.980. The molecule has 0 radical (unpaired) electrons. The molecule has 0 aliphatic rings. The van der Waals surface area contributed by atoms with Gasteiger partial charge < -0.3 is 5.32 Å². The van der Waals surface area contributed by atoms with Crippen LogP contribution in [0.2, 0.25) is 0 Å². The molecule has 0 aliphatic carbocycles. The number of hydrogen-bond donors (Lipinski definition) is 1. The Labute approximate surface area is 114 Å². The lowest BCUT2D eigenvalue weighted by atomic mass is 10.2. The Balaban J connectivity index is 3.09. The fraction of sp³-hybridized carbons (Fsp3) is 0.538. The van der Waals surface area contributed by atoms with Gasteiger partial charge in [-0.15, -0.1) is 0 Å². The Morgan fingerprint density at radius 1 is 1.37 bits per heavy atom.